The predicted molar refractivity (Wildman–Crippen MR) is 204 cm³/mol. The van der Waals surface area contributed by atoms with E-state index in [9.17, 15) is 4.57 Å². The van der Waals surface area contributed by atoms with E-state index in [1.165, 1.54) is 0 Å². The van der Waals surface area contributed by atoms with Crippen LogP contribution >= 0.6 is 8.25 Å². The molecule has 2 aromatic carbocycles. The van der Waals surface area contributed by atoms with Crippen LogP contribution in [-0.4, -0.2) is 87.8 Å². The van der Waals surface area contributed by atoms with E-state index in [-0.39, 0.29) is 0 Å². The maximum absolute atomic E-state index is 12.5. The average molecular weight is 737 g/mol. The lowest BCUT2D eigenvalue weighted by Crippen LogP contribution is -2.25. The van der Waals surface area contributed by atoms with Crippen molar-refractivity contribution in [1.82, 2.24) is 19.9 Å². The van der Waals surface area contributed by atoms with Crippen molar-refractivity contribution in [3.63, 3.8) is 0 Å². The summed E-state index contributed by atoms with van der Waals surface area (Å²) in [5.41, 5.74) is 1.68. The van der Waals surface area contributed by atoms with Gasteiger partial charge in [-0.1, -0.05) is 0 Å². The van der Waals surface area contributed by atoms with Gasteiger partial charge in [-0.2, -0.15) is 0 Å². The second kappa shape index (κ2) is 18.7. The fourth-order valence-electron chi connectivity index (χ4n) is 7.67. The molecule has 0 amide bonds. The molecule has 2 aliphatic heterocycles. The number of hydrogen-bond acceptors (Lipinski definition) is 13. The van der Waals surface area contributed by atoms with Gasteiger partial charge in [0, 0.05) is 49.1 Å². The van der Waals surface area contributed by atoms with Crippen LogP contribution in [0.3, 0.4) is 0 Å². The highest BCUT2D eigenvalue weighted by Gasteiger charge is 2.23. The van der Waals surface area contributed by atoms with Crippen LogP contribution in [-0.2, 0) is 13.6 Å². The largest absolute Gasteiger partial charge is 0.493 e. The highest BCUT2D eigenvalue weighted by Crippen LogP contribution is 2.38. The quantitative estimate of drug-likeness (QED) is 0.0832. The molecule has 14 heteroatoms. The fourth-order valence-corrected chi connectivity index (χ4v) is 8.38. The monoisotopic (exact) mass is 736 g/mol. The number of rotatable bonds is 16. The summed E-state index contributed by atoms with van der Waals surface area (Å²) in [6.07, 6.45) is 13.7. The molecule has 0 N–H and O–H groups in total. The lowest BCUT2D eigenvalue weighted by molar-refractivity contribution is 0.210. The molecular formula is C38H53N6O7P. The summed E-state index contributed by atoms with van der Waals surface area (Å²) >= 11 is 0. The van der Waals surface area contributed by atoms with Gasteiger partial charge in [0.15, 0.2) is 23.0 Å². The number of hydrogen-bond donors (Lipinski definition) is 0. The molecule has 4 aromatic rings. The van der Waals surface area contributed by atoms with Crippen LogP contribution < -0.4 is 28.7 Å². The first-order valence-corrected chi connectivity index (χ1v) is 19.8. The first kappa shape index (κ1) is 37.8. The third-order valence-corrected chi connectivity index (χ3v) is 11.4. The van der Waals surface area contributed by atoms with E-state index in [4.69, 9.17) is 28.0 Å². The van der Waals surface area contributed by atoms with Gasteiger partial charge in [-0.05, 0) is 88.2 Å². The van der Waals surface area contributed by atoms with Gasteiger partial charge in [0.05, 0.1) is 52.7 Å². The van der Waals surface area contributed by atoms with E-state index in [1.807, 2.05) is 24.3 Å². The van der Waals surface area contributed by atoms with Crippen LogP contribution in [0.1, 0.15) is 64.2 Å². The molecule has 282 valence electrons. The second-order valence-corrected chi connectivity index (χ2v) is 14.7. The molecule has 0 spiro atoms. The van der Waals surface area contributed by atoms with E-state index in [2.05, 4.69) is 29.7 Å². The molecule has 2 saturated heterocycles. The van der Waals surface area contributed by atoms with Crippen LogP contribution in [0.2, 0.25) is 0 Å². The molecule has 0 aliphatic carbocycles. The van der Waals surface area contributed by atoms with Gasteiger partial charge < -0.3 is 37.8 Å². The molecule has 0 bridgehead atoms. The summed E-state index contributed by atoms with van der Waals surface area (Å²) in [7, 11) is 4.06. The lowest BCUT2D eigenvalue weighted by atomic mass is 9.95. The maximum Gasteiger partial charge on any atom is 0.319 e. The van der Waals surface area contributed by atoms with Crippen molar-refractivity contribution >= 4 is 41.7 Å². The maximum atomic E-state index is 12.5. The topological polar surface area (TPSA) is 130 Å². The van der Waals surface area contributed by atoms with Gasteiger partial charge >= 0.3 is 8.25 Å². The molecule has 0 saturated carbocycles. The Bertz CT molecular complexity index is 1670. The van der Waals surface area contributed by atoms with E-state index < -0.39 is 8.25 Å². The fraction of sp³-hybridized carbons (Fsp3) is 0.579. The molecule has 0 radical (unpaired) electrons. The van der Waals surface area contributed by atoms with Gasteiger partial charge in [0.1, 0.15) is 24.3 Å². The molecular weight excluding hydrogens is 683 g/mol. The van der Waals surface area contributed by atoms with Crippen molar-refractivity contribution in [2.45, 2.75) is 64.2 Å². The minimum atomic E-state index is -2.49. The summed E-state index contributed by atoms with van der Waals surface area (Å²) in [5.74, 6) is 5.72. The highest BCUT2D eigenvalue weighted by atomic mass is 31.1. The normalized spacial score (nSPS) is 18.9. The smallest absolute Gasteiger partial charge is 0.319 e. The van der Waals surface area contributed by atoms with Gasteiger partial charge in [-0.3, -0.25) is 4.57 Å². The number of nitrogens with zero attached hydrogens (tertiary/aromatic N) is 6. The number of fused-ring (bicyclic) bond motifs is 2. The summed E-state index contributed by atoms with van der Waals surface area (Å²) in [4.78, 5) is 23.0. The van der Waals surface area contributed by atoms with E-state index in [0.29, 0.717) is 48.0 Å². The van der Waals surface area contributed by atoms with E-state index >= 15 is 0 Å². The number of ether oxygens (including phenoxy) is 4. The van der Waals surface area contributed by atoms with Crippen LogP contribution in [0, 0.1) is 11.8 Å². The van der Waals surface area contributed by atoms with Crippen molar-refractivity contribution in [2.24, 2.45) is 11.8 Å². The SMILES string of the molecule is COc1cc2ncnc(N3CCCC(CCCO[PH](=O)OCCCC4CCCN(c5ncnc6cc(OC)c(OC)cc56)CC4)CC3)c2cc1OC. The van der Waals surface area contributed by atoms with Crippen LogP contribution in [0.15, 0.2) is 36.9 Å². The molecule has 2 aromatic heterocycles. The van der Waals surface area contributed by atoms with Crippen LogP contribution in [0.4, 0.5) is 11.6 Å². The summed E-state index contributed by atoms with van der Waals surface area (Å²) in [6, 6.07) is 7.75. The first-order valence-electron chi connectivity index (χ1n) is 18.5. The van der Waals surface area contributed by atoms with Gasteiger partial charge in [0.2, 0.25) is 0 Å². The zero-order valence-electron chi connectivity index (χ0n) is 31.0. The van der Waals surface area contributed by atoms with Crippen molar-refractivity contribution in [3.05, 3.63) is 36.9 Å². The van der Waals surface area contributed by atoms with Crippen molar-refractivity contribution in [2.75, 3.05) is 77.6 Å². The molecule has 6 rings (SSSR count). The third-order valence-electron chi connectivity index (χ3n) is 10.5. The van der Waals surface area contributed by atoms with E-state index in [1.54, 1.807) is 41.1 Å². The Morgan fingerprint density at radius 3 is 1.44 bits per heavy atom. The summed E-state index contributed by atoms with van der Waals surface area (Å²) in [5, 5.41) is 1.93. The summed E-state index contributed by atoms with van der Waals surface area (Å²) in [6.45, 7) is 4.66. The Morgan fingerprint density at radius 1 is 0.596 bits per heavy atom. The predicted octanol–water partition coefficient (Wildman–Crippen LogP) is 7.50. The Morgan fingerprint density at radius 2 is 1.02 bits per heavy atom. The minimum absolute atomic E-state index is 0.463. The van der Waals surface area contributed by atoms with Crippen LogP contribution in [0.5, 0.6) is 23.0 Å². The Kier molecular flexibility index (Phi) is 13.6. The number of benzene rings is 2. The molecule has 2 fully saturated rings. The summed E-state index contributed by atoms with van der Waals surface area (Å²) < 4.78 is 45.8. The highest BCUT2D eigenvalue weighted by molar-refractivity contribution is 7.33. The van der Waals surface area contributed by atoms with Crippen molar-refractivity contribution in [3.8, 4) is 23.0 Å². The number of methoxy groups -OCH3 is 4. The lowest BCUT2D eigenvalue weighted by Gasteiger charge is -2.23. The van der Waals surface area contributed by atoms with E-state index in [0.717, 1.165) is 124 Å². The van der Waals surface area contributed by atoms with Gasteiger partial charge in [0.25, 0.3) is 0 Å². The Hall–Kier alpha value is -3.93. The number of anilines is 2. The third kappa shape index (κ3) is 9.35. The minimum Gasteiger partial charge on any atom is -0.493 e. The van der Waals surface area contributed by atoms with Gasteiger partial charge in [-0.15, -0.1) is 0 Å². The van der Waals surface area contributed by atoms with Crippen LogP contribution in [0.25, 0.3) is 21.8 Å². The van der Waals surface area contributed by atoms with Crippen molar-refractivity contribution in [1.29, 1.82) is 0 Å². The van der Waals surface area contributed by atoms with Gasteiger partial charge in [-0.25, -0.2) is 19.9 Å². The zero-order valence-corrected chi connectivity index (χ0v) is 32.0. The number of aromatic nitrogens is 4. The van der Waals surface area contributed by atoms with Crippen molar-refractivity contribution < 1.29 is 32.6 Å². The molecule has 13 nitrogen and oxygen atoms in total. The zero-order chi connectivity index (χ0) is 36.3. The molecule has 52 heavy (non-hydrogen) atoms. The molecule has 2 atom stereocenters. The molecule has 4 heterocycles. The molecule has 2 aliphatic rings. The Labute approximate surface area is 307 Å². The molecule has 2 unspecified atom stereocenters. The average Bonchev–Trinajstić information content (AvgIpc) is 3.57. The standard InChI is InChI=1S/C38H53N6O7P/c1-46-33-21-29-31(23-35(33)48-3)39-25-41-37(29)43-15-5-9-27(13-17-43)11-7-19-50-52(45)51-20-8-12-28-10-6-16-44(18-14-28)38-30-22-34(47-2)36(49-4)24-32(30)40-26-42-38/h21-28,52H,5-20H2,1-4H3. The first-order chi connectivity index (χ1) is 25.5. The second-order valence-electron chi connectivity index (χ2n) is 13.6. The Balaban J connectivity index is 0.878.